The number of hydrogen-bond acceptors (Lipinski definition) is 3. The fourth-order valence-electron chi connectivity index (χ4n) is 4.39. The lowest BCUT2D eigenvalue weighted by molar-refractivity contribution is -0.146. The molecule has 5 nitrogen and oxygen atoms in total. The first-order valence-corrected chi connectivity index (χ1v) is 9.72. The highest BCUT2D eigenvalue weighted by Gasteiger charge is 2.33. The minimum absolute atomic E-state index is 0.0244. The van der Waals surface area contributed by atoms with Crippen LogP contribution in [0.1, 0.15) is 44.1 Å². The van der Waals surface area contributed by atoms with Gasteiger partial charge in [0.1, 0.15) is 5.75 Å². The number of carboxylic acids is 1. The van der Waals surface area contributed by atoms with Crippen molar-refractivity contribution in [1.29, 1.82) is 0 Å². The number of carbonyl (C=O) groups is 2. The Labute approximate surface area is 155 Å². The Morgan fingerprint density at radius 1 is 1.04 bits per heavy atom. The third-order valence-corrected chi connectivity index (χ3v) is 6.05. The first kappa shape index (κ1) is 18.7. The van der Waals surface area contributed by atoms with Gasteiger partial charge < -0.3 is 14.7 Å². The number of para-hydroxylation sites is 1. The molecule has 142 valence electrons. The van der Waals surface area contributed by atoms with E-state index in [0.29, 0.717) is 18.8 Å². The molecule has 1 saturated heterocycles. The van der Waals surface area contributed by atoms with Gasteiger partial charge in [0, 0.05) is 19.0 Å². The number of hydrogen-bond donors (Lipinski definition) is 1. The summed E-state index contributed by atoms with van der Waals surface area (Å²) in [6.07, 6.45) is 5.75. The van der Waals surface area contributed by atoms with Crippen LogP contribution in [0, 0.1) is 17.8 Å². The number of carboxylic acid groups (broad SMARTS) is 1. The van der Waals surface area contributed by atoms with E-state index in [-0.39, 0.29) is 17.7 Å². The van der Waals surface area contributed by atoms with Crippen LogP contribution in [-0.4, -0.2) is 42.1 Å². The summed E-state index contributed by atoms with van der Waals surface area (Å²) in [6, 6.07) is 8.16. The van der Waals surface area contributed by atoms with Crippen LogP contribution in [0.15, 0.2) is 24.3 Å². The quantitative estimate of drug-likeness (QED) is 0.875. The van der Waals surface area contributed by atoms with Gasteiger partial charge in [-0.1, -0.05) is 18.2 Å². The number of piperidine rings is 1. The Balaban J connectivity index is 1.48. The number of amides is 1. The molecule has 1 amide bonds. The molecule has 1 aromatic carbocycles. The van der Waals surface area contributed by atoms with Crippen LogP contribution >= 0.6 is 0 Å². The summed E-state index contributed by atoms with van der Waals surface area (Å²) in [5, 5.41) is 9.10. The van der Waals surface area contributed by atoms with Gasteiger partial charge in [-0.25, -0.2) is 0 Å². The summed E-state index contributed by atoms with van der Waals surface area (Å²) in [7, 11) is 1.71. The van der Waals surface area contributed by atoms with Gasteiger partial charge in [-0.15, -0.1) is 0 Å². The molecule has 2 fully saturated rings. The van der Waals surface area contributed by atoms with E-state index in [1.54, 1.807) is 7.11 Å². The second-order valence-corrected chi connectivity index (χ2v) is 7.67. The molecule has 1 aliphatic heterocycles. The molecule has 26 heavy (non-hydrogen) atoms. The van der Waals surface area contributed by atoms with Gasteiger partial charge in [-0.2, -0.15) is 0 Å². The topological polar surface area (TPSA) is 66.8 Å². The molecule has 0 spiro atoms. The van der Waals surface area contributed by atoms with Crippen molar-refractivity contribution < 1.29 is 19.4 Å². The largest absolute Gasteiger partial charge is 0.496 e. The van der Waals surface area contributed by atoms with Crippen molar-refractivity contribution >= 4 is 11.9 Å². The summed E-state index contributed by atoms with van der Waals surface area (Å²) in [5.41, 5.74) is 1.24. The van der Waals surface area contributed by atoms with Gasteiger partial charge in [0.05, 0.1) is 13.0 Å². The molecule has 0 radical (unpaired) electrons. The van der Waals surface area contributed by atoms with Crippen molar-refractivity contribution in [1.82, 2.24) is 4.90 Å². The van der Waals surface area contributed by atoms with Crippen molar-refractivity contribution in [2.45, 2.75) is 44.9 Å². The van der Waals surface area contributed by atoms with E-state index in [0.717, 1.165) is 50.9 Å². The van der Waals surface area contributed by atoms with Crippen molar-refractivity contribution in [2.75, 3.05) is 20.2 Å². The number of carbonyl (C=O) groups excluding carboxylic acids is 1. The maximum atomic E-state index is 12.8. The number of methoxy groups -OCH3 is 1. The third kappa shape index (κ3) is 4.37. The van der Waals surface area contributed by atoms with E-state index >= 15 is 0 Å². The first-order chi connectivity index (χ1) is 12.6. The SMILES string of the molecule is COc1ccccc1CC1CCN(C(=O)C2CCC(C(=O)O)CC2)CC1. The lowest BCUT2D eigenvalue weighted by atomic mass is 9.81. The van der Waals surface area contributed by atoms with Crippen molar-refractivity contribution in [3.05, 3.63) is 29.8 Å². The predicted molar refractivity (Wildman–Crippen MR) is 99.1 cm³/mol. The van der Waals surface area contributed by atoms with E-state index in [1.165, 1.54) is 5.56 Å². The van der Waals surface area contributed by atoms with Crippen molar-refractivity contribution in [2.24, 2.45) is 17.8 Å². The van der Waals surface area contributed by atoms with E-state index < -0.39 is 5.97 Å². The number of aliphatic carboxylic acids is 1. The molecule has 1 aliphatic carbocycles. The standard InChI is InChI=1S/C21H29NO4/c1-26-19-5-3-2-4-18(19)14-15-10-12-22(13-11-15)20(23)16-6-8-17(9-7-16)21(24)25/h2-5,15-17H,6-14H2,1H3,(H,24,25). The zero-order valence-electron chi connectivity index (χ0n) is 15.5. The summed E-state index contributed by atoms with van der Waals surface area (Å²) < 4.78 is 5.44. The summed E-state index contributed by atoms with van der Waals surface area (Å²) in [4.78, 5) is 25.8. The van der Waals surface area contributed by atoms with Crippen LogP contribution in [0.5, 0.6) is 5.75 Å². The third-order valence-electron chi connectivity index (χ3n) is 6.05. The van der Waals surface area contributed by atoms with Gasteiger partial charge in [-0.05, 0) is 62.5 Å². The van der Waals surface area contributed by atoms with Crippen LogP contribution in [-0.2, 0) is 16.0 Å². The molecule has 0 aromatic heterocycles. The van der Waals surface area contributed by atoms with E-state index in [2.05, 4.69) is 6.07 Å². The molecule has 0 unspecified atom stereocenters. The molecular weight excluding hydrogens is 330 g/mol. The number of ether oxygens (including phenoxy) is 1. The monoisotopic (exact) mass is 359 g/mol. The zero-order valence-corrected chi connectivity index (χ0v) is 15.5. The van der Waals surface area contributed by atoms with Crippen LogP contribution in [0.25, 0.3) is 0 Å². The number of benzene rings is 1. The summed E-state index contributed by atoms with van der Waals surface area (Å²) >= 11 is 0. The molecule has 1 saturated carbocycles. The molecule has 2 aliphatic rings. The summed E-state index contributed by atoms with van der Waals surface area (Å²) in [5.74, 6) is 0.818. The van der Waals surface area contributed by atoms with Gasteiger partial charge in [-0.3, -0.25) is 9.59 Å². The Bertz CT molecular complexity index is 629. The van der Waals surface area contributed by atoms with Crippen LogP contribution < -0.4 is 4.74 Å². The Kier molecular flexibility index (Phi) is 6.17. The molecule has 0 atom stereocenters. The molecule has 3 rings (SSSR count). The number of rotatable bonds is 5. The Morgan fingerprint density at radius 2 is 1.65 bits per heavy atom. The molecule has 1 aromatic rings. The highest BCUT2D eigenvalue weighted by Crippen LogP contribution is 2.32. The fraction of sp³-hybridized carbons (Fsp3) is 0.619. The van der Waals surface area contributed by atoms with Gasteiger partial charge in [0.2, 0.25) is 5.91 Å². The van der Waals surface area contributed by atoms with Gasteiger partial charge >= 0.3 is 5.97 Å². The molecule has 1 heterocycles. The van der Waals surface area contributed by atoms with Crippen molar-refractivity contribution in [3.63, 3.8) is 0 Å². The maximum absolute atomic E-state index is 12.8. The van der Waals surface area contributed by atoms with E-state index in [9.17, 15) is 9.59 Å². The van der Waals surface area contributed by atoms with Gasteiger partial charge in [0.25, 0.3) is 0 Å². The molecule has 0 bridgehead atoms. The zero-order chi connectivity index (χ0) is 18.5. The maximum Gasteiger partial charge on any atom is 0.306 e. The van der Waals surface area contributed by atoms with E-state index in [4.69, 9.17) is 9.84 Å². The Morgan fingerprint density at radius 3 is 2.27 bits per heavy atom. The smallest absolute Gasteiger partial charge is 0.306 e. The molecular formula is C21H29NO4. The highest BCUT2D eigenvalue weighted by atomic mass is 16.5. The van der Waals surface area contributed by atoms with Crippen LogP contribution in [0.4, 0.5) is 0 Å². The fourth-order valence-corrected chi connectivity index (χ4v) is 4.39. The minimum atomic E-state index is -0.715. The van der Waals surface area contributed by atoms with Crippen molar-refractivity contribution in [3.8, 4) is 5.75 Å². The number of nitrogens with zero attached hydrogens (tertiary/aromatic N) is 1. The van der Waals surface area contributed by atoms with E-state index in [1.807, 2.05) is 23.1 Å². The minimum Gasteiger partial charge on any atom is -0.496 e. The summed E-state index contributed by atoms with van der Waals surface area (Å²) in [6.45, 7) is 1.63. The Hall–Kier alpha value is -2.04. The lowest BCUT2D eigenvalue weighted by Gasteiger charge is -2.36. The normalized spacial score (nSPS) is 24.3. The second-order valence-electron chi connectivity index (χ2n) is 7.67. The predicted octanol–water partition coefficient (Wildman–Crippen LogP) is 3.37. The molecule has 1 N–H and O–H groups in total. The first-order valence-electron chi connectivity index (χ1n) is 9.72. The number of likely N-dealkylation sites (tertiary alicyclic amines) is 1. The van der Waals surface area contributed by atoms with Crippen LogP contribution in [0.2, 0.25) is 0 Å². The lowest BCUT2D eigenvalue weighted by Crippen LogP contribution is -2.43. The average molecular weight is 359 g/mol. The van der Waals surface area contributed by atoms with Crippen LogP contribution in [0.3, 0.4) is 0 Å². The second kappa shape index (κ2) is 8.56. The highest BCUT2D eigenvalue weighted by molar-refractivity contribution is 5.79. The molecule has 5 heteroatoms. The average Bonchev–Trinajstić information content (AvgIpc) is 2.68. The van der Waals surface area contributed by atoms with Gasteiger partial charge in [0.15, 0.2) is 0 Å².